The highest BCUT2D eigenvalue weighted by atomic mass is 16.5. The molecule has 3 aromatic rings. The zero-order chi connectivity index (χ0) is 24.1. The average molecular weight is 458 g/mol. The zero-order valence-electron chi connectivity index (χ0n) is 19.5. The smallest absolute Gasteiger partial charge is 0.282 e. The van der Waals surface area contributed by atoms with Crippen molar-refractivity contribution in [3.8, 4) is 11.5 Å². The number of anilines is 1. The van der Waals surface area contributed by atoms with Gasteiger partial charge in [-0.3, -0.25) is 14.6 Å². The molecule has 0 radical (unpaired) electrons. The van der Waals surface area contributed by atoms with Crippen molar-refractivity contribution >= 4 is 23.1 Å². The molecule has 0 aliphatic carbocycles. The maximum atomic E-state index is 13.8. The summed E-state index contributed by atoms with van der Waals surface area (Å²) in [6.45, 7) is 3.14. The van der Waals surface area contributed by atoms with Gasteiger partial charge in [0.2, 0.25) is 0 Å². The summed E-state index contributed by atoms with van der Waals surface area (Å²) in [5.41, 5.74) is 3.01. The Bertz CT molecular complexity index is 1190. The van der Waals surface area contributed by atoms with Crippen LogP contribution in [0.5, 0.6) is 11.5 Å². The van der Waals surface area contributed by atoms with E-state index in [0.717, 1.165) is 12.0 Å². The SMILES string of the molecule is CCN(CCc1ccncc1)C1=C(c2ccccc2)C(=O)N(c2cc(OC)cc(OC)c2)C1=O. The van der Waals surface area contributed by atoms with Crippen molar-refractivity contribution in [1.82, 2.24) is 9.88 Å². The number of rotatable bonds is 9. The first-order valence-electron chi connectivity index (χ1n) is 11.1. The standard InChI is InChI=1S/C27H27N3O4/c1-4-29(15-12-19-10-13-28-14-11-19)25-24(20-8-6-5-7-9-20)26(31)30(27(25)32)21-16-22(33-2)18-23(17-21)34-3/h5-11,13-14,16-18H,4,12,15H2,1-3H3. The summed E-state index contributed by atoms with van der Waals surface area (Å²) >= 11 is 0. The maximum absolute atomic E-state index is 13.8. The van der Waals surface area contributed by atoms with E-state index in [1.807, 2.05) is 54.3 Å². The lowest BCUT2D eigenvalue weighted by Gasteiger charge is -2.25. The topological polar surface area (TPSA) is 72.0 Å². The fourth-order valence-corrected chi connectivity index (χ4v) is 4.07. The average Bonchev–Trinajstić information content (AvgIpc) is 3.15. The van der Waals surface area contributed by atoms with Gasteiger partial charge in [-0.25, -0.2) is 4.90 Å². The van der Waals surface area contributed by atoms with Crippen LogP contribution in [0.1, 0.15) is 18.1 Å². The van der Waals surface area contributed by atoms with Crippen molar-refractivity contribution in [3.05, 3.63) is 89.9 Å². The summed E-state index contributed by atoms with van der Waals surface area (Å²) in [5.74, 6) is 0.254. The number of nitrogens with zero attached hydrogens (tertiary/aromatic N) is 3. The fraction of sp³-hybridized carbons (Fsp3) is 0.222. The molecule has 1 aromatic heterocycles. The van der Waals surface area contributed by atoms with Crippen LogP contribution in [0.15, 0.2) is 78.8 Å². The largest absolute Gasteiger partial charge is 0.497 e. The molecule has 2 amide bonds. The van der Waals surface area contributed by atoms with E-state index in [9.17, 15) is 9.59 Å². The van der Waals surface area contributed by atoms with Gasteiger partial charge >= 0.3 is 0 Å². The molecule has 7 nitrogen and oxygen atoms in total. The Morgan fingerprint density at radius 3 is 2.12 bits per heavy atom. The molecule has 0 unspecified atom stereocenters. The van der Waals surface area contributed by atoms with Gasteiger partial charge in [-0.1, -0.05) is 30.3 Å². The molecule has 0 bridgehead atoms. The number of hydrogen-bond acceptors (Lipinski definition) is 6. The van der Waals surface area contributed by atoms with E-state index >= 15 is 0 Å². The third-order valence-corrected chi connectivity index (χ3v) is 5.83. The third kappa shape index (κ3) is 4.50. The van der Waals surface area contributed by atoms with Crippen molar-refractivity contribution in [2.24, 2.45) is 0 Å². The summed E-state index contributed by atoms with van der Waals surface area (Å²) in [5, 5.41) is 0. The van der Waals surface area contributed by atoms with Gasteiger partial charge in [0, 0.05) is 43.7 Å². The molecule has 4 rings (SSSR count). The Kier molecular flexibility index (Phi) is 6.92. The second kappa shape index (κ2) is 10.2. The molecule has 1 aliphatic heterocycles. The van der Waals surface area contributed by atoms with Crippen LogP contribution in [0.3, 0.4) is 0 Å². The van der Waals surface area contributed by atoms with Gasteiger partial charge in [-0.2, -0.15) is 0 Å². The molecule has 2 aromatic carbocycles. The summed E-state index contributed by atoms with van der Waals surface area (Å²) in [4.78, 5) is 34.8. The molecule has 0 spiro atoms. The van der Waals surface area contributed by atoms with Crippen LogP contribution < -0.4 is 14.4 Å². The lowest BCUT2D eigenvalue weighted by atomic mass is 10.0. The van der Waals surface area contributed by atoms with Crippen molar-refractivity contribution in [1.29, 1.82) is 0 Å². The van der Waals surface area contributed by atoms with Crippen LogP contribution in [-0.4, -0.2) is 49.0 Å². The molecule has 0 N–H and O–H groups in total. The quantitative estimate of drug-likeness (QED) is 0.453. The molecule has 0 atom stereocenters. The van der Waals surface area contributed by atoms with Crippen LogP contribution in [0.2, 0.25) is 0 Å². The van der Waals surface area contributed by atoms with E-state index in [-0.39, 0.29) is 11.8 Å². The molecule has 1 aliphatic rings. The van der Waals surface area contributed by atoms with Crippen molar-refractivity contribution in [2.75, 3.05) is 32.2 Å². The Balaban J connectivity index is 1.77. The Morgan fingerprint density at radius 2 is 1.53 bits per heavy atom. The number of aromatic nitrogens is 1. The minimum absolute atomic E-state index is 0.365. The molecule has 0 saturated heterocycles. The van der Waals surface area contributed by atoms with Gasteiger partial charge in [-0.05, 0) is 36.6 Å². The number of carbonyl (C=O) groups is 2. The van der Waals surface area contributed by atoms with Crippen LogP contribution in [0.25, 0.3) is 5.57 Å². The zero-order valence-corrected chi connectivity index (χ0v) is 19.5. The van der Waals surface area contributed by atoms with Crippen LogP contribution in [-0.2, 0) is 16.0 Å². The van der Waals surface area contributed by atoms with E-state index < -0.39 is 0 Å². The van der Waals surface area contributed by atoms with Crippen LogP contribution >= 0.6 is 0 Å². The Morgan fingerprint density at radius 1 is 0.882 bits per heavy atom. The molecule has 34 heavy (non-hydrogen) atoms. The maximum Gasteiger partial charge on any atom is 0.282 e. The normalized spacial score (nSPS) is 13.4. The lowest BCUT2D eigenvalue weighted by molar-refractivity contribution is -0.120. The number of likely N-dealkylation sites (N-methyl/N-ethyl adjacent to an activating group) is 1. The fourth-order valence-electron chi connectivity index (χ4n) is 4.07. The Hall–Kier alpha value is -4.13. The van der Waals surface area contributed by atoms with E-state index in [4.69, 9.17) is 9.47 Å². The molecule has 0 saturated carbocycles. The number of imide groups is 1. The first-order chi connectivity index (χ1) is 16.6. The van der Waals surface area contributed by atoms with E-state index in [1.54, 1.807) is 30.6 Å². The van der Waals surface area contributed by atoms with Gasteiger partial charge < -0.3 is 14.4 Å². The number of ether oxygens (including phenoxy) is 2. The van der Waals surface area contributed by atoms with Gasteiger partial charge in [-0.15, -0.1) is 0 Å². The van der Waals surface area contributed by atoms with E-state index in [0.29, 0.717) is 47.1 Å². The van der Waals surface area contributed by atoms with Crippen LogP contribution in [0.4, 0.5) is 5.69 Å². The van der Waals surface area contributed by atoms with Gasteiger partial charge in [0.15, 0.2) is 0 Å². The summed E-state index contributed by atoms with van der Waals surface area (Å²) in [6.07, 6.45) is 4.22. The number of amides is 2. The minimum Gasteiger partial charge on any atom is -0.497 e. The van der Waals surface area contributed by atoms with Crippen molar-refractivity contribution in [3.63, 3.8) is 0 Å². The minimum atomic E-state index is -0.371. The number of benzene rings is 2. The first kappa shape index (κ1) is 23.0. The highest BCUT2D eigenvalue weighted by molar-refractivity contribution is 6.45. The summed E-state index contributed by atoms with van der Waals surface area (Å²) in [7, 11) is 3.06. The third-order valence-electron chi connectivity index (χ3n) is 5.83. The number of carbonyl (C=O) groups excluding carboxylic acids is 2. The van der Waals surface area contributed by atoms with Crippen LogP contribution in [0, 0.1) is 0 Å². The predicted molar refractivity (Wildman–Crippen MR) is 131 cm³/mol. The van der Waals surface area contributed by atoms with Gasteiger partial charge in [0.1, 0.15) is 17.2 Å². The predicted octanol–water partition coefficient (Wildman–Crippen LogP) is 3.95. The van der Waals surface area contributed by atoms with E-state index in [2.05, 4.69) is 4.98 Å². The number of hydrogen-bond donors (Lipinski definition) is 0. The molecular formula is C27H27N3O4. The highest BCUT2D eigenvalue weighted by Gasteiger charge is 2.42. The molecule has 0 fully saturated rings. The number of pyridine rings is 1. The molecular weight excluding hydrogens is 430 g/mol. The lowest BCUT2D eigenvalue weighted by Crippen LogP contribution is -2.36. The second-order valence-electron chi connectivity index (χ2n) is 7.79. The van der Waals surface area contributed by atoms with Gasteiger partial charge in [0.25, 0.3) is 11.8 Å². The highest BCUT2D eigenvalue weighted by Crippen LogP contribution is 2.37. The van der Waals surface area contributed by atoms with Crippen molar-refractivity contribution in [2.45, 2.75) is 13.3 Å². The molecule has 7 heteroatoms. The first-order valence-corrected chi connectivity index (χ1v) is 11.1. The second-order valence-corrected chi connectivity index (χ2v) is 7.79. The summed E-state index contributed by atoms with van der Waals surface area (Å²) in [6, 6.07) is 18.3. The Labute approximate surface area is 199 Å². The van der Waals surface area contributed by atoms with Crippen molar-refractivity contribution < 1.29 is 19.1 Å². The monoisotopic (exact) mass is 457 g/mol. The summed E-state index contributed by atoms with van der Waals surface area (Å²) < 4.78 is 10.7. The number of methoxy groups -OCH3 is 2. The van der Waals surface area contributed by atoms with Gasteiger partial charge in [0.05, 0.1) is 25.5 Å². The molecule has 2 heterocycles. The van der Waals surface area contributed by atoms with E-state index in [1.165, 1.54) is 19.1 Å². The molecule has 174 valence electrons.